The van der Waals surface area contributed by atoms with Gasteiger partial charge in [0.25, 0.3) is 5.91 Å². The molecule has 0 atom stereocenters. The number of aliphatic carboxylic acids is 1. The van der Waals surface area contributed by atoms with Crippen molar-refractivity contribution in [2.24, 2.45) is 5.92 Å². The summed E-state index contributed by atoms with van der Waals surface area (Å²) in [6.45, 7) is 2.12. The van der Waals surface area contributed by atoms with Gasteiger partial charge in [-0.05, 0) is 43.7 Å². The molecule has 1 fully saturated rings. The number of hydrogen-bond acceptors (Lipinski definition) is 2. The van der Waals surface area contributed by atoms with Crippen LogP contribution in [0.15, 0.2) is 18.3 Å². The minimum atomic E-state index is -1.10. The summed E-state index contributed by atoms with van der Waals surface area (Å²) in [4.78, 5) is 26.4. The van der Waals surface area contributed by atoms with Gasteiger partial charge >= 0.3 is 5.97 Å². The van der Waals surface area contributed by atoms with Crippen molar-refractivity contribution in [2.75, 3.05) is 0 Å². The van der Waals surface area contributed by atoms with Crippen LogP contribution in [0.2, 0.25) is 0 Å². The molecule has 1 aromatic rings. The zero-order valence-corrected chi connectivity index (χ0v) is 11.1. The second kappa shape index (κ2) is 5.47. The summed E-state index contributed by atoms with van der Waals surface area (Å²) in [5.74, 6) is -0.695. The van der Waals surface area contributed by atoms with Gasteiger partial charge in [0.2, 0.25) is 0 Å². The summed E-state index contributed by atoms with van der Waals surface area (Å²) < 4.78 is 0. The van der Waals surface area contributed by atoms with Crippen molar-refractivity contribution in [1.29, 1.82) is 0 Å². The van der Waals surface area contributed by atoms with Crippen LogP contribution in [0.5, 0.6) is 0 Å². The minimum absolute atomic E-state index is 0.345. The number of carbonyl (C=O) groups is 2. The molecule has 5 heteroatoms. The summed E-state index contributed by atoms with van der Waals surface area (Å²) >= 11 is 0. The Morgan fingerprint density at radius 1 is 1.47 bits per heavy atom. The van der Waals surface area contributed by atoms with E-state index in [1.807, 2.05) is 0 Å². The normalized spacial score (nSPS) is 26.9. The molecule has 1 aliphatic rings. The van der Waals surface area contributed by atoms with Crippen molar-refractivity contribution in [3.8, 4) is 0 Å². The SMILES string of the molecule is CCC1CCC(NC(=O)c2ccc[nH]2)(C(=O)O)CC1. The molecule has 0 spiro atoms. The largest absolute Gasteiger partial charge is 0.480 e. The molecule has 3 N–H and O–H groups in total. The van der Waals surface area contributed by atoms with Crippen LogP contribution in [0, 0.1) is 5.92 Å². The predicted molar refractivity (Wildman–Crippen MR) is 70.9 cm³/mol. The first-order chi connectivity index (χ1) is 9.07. The number of rotatable bonds is 4. The molecule has 1 aliphatic carbocycles. The number of nitrogens with one attached hydrogen (secondary N) is 2. The molecule has 19 heavy (non-hydrogen) atoms. The number of H-pyrrole nitrogens is 1. The summed E-state index contributed by atoms with van der Waals surface area (Å²) in [5.41, 5.74) is -0.702. The highest BCUT2D eigenvalue weighted by Gasteiger charge is 2.43. The fourth-order valence-corrected chi connectivity index (χ4v) is 2.73. The van der Waals surface area contributed by atoms with E-state index in [2.05, 4.69) is 17.2 Å². The van der Waals surface area contributed by atoms with Gasteiger partial charge in [-0.25, -0.2) is 4.79 Å². The van der Waals surface area contributed by atoms with Crippen molar-refractivity contribution in [3.63, 3.8) is 0 Å². The number of carbonyl (C=O) groups excluding carboxylic acids is 1. The Labute approximate surface area is 112 Å². The molecular weight excluding hydrogens is 244 g/mol. The second-order valence-electron chi connectivity index (χ2n) is 5.28. The van der Waals surface area contributed by atoms with E-state index in [1.54, 1.807) is 18.3 Å². The maximum Gasteiger partial charge on any atom is 0.329 e. The predicted octanol–water partition coefficient (Wildman–Crippen LogP) is 2.17. The summed E-state index contributed by atoms with van der Waals surface area (Å²) in [6, 6.07) is 3.36. The fourth-order valence-electron chi connectivity index (χ4n) is 2.73. The van der Waals surface area contributed by atoms with Gasteiger partial charge in [-0.2, -0.15) is 0 Å². The number of aromatic nitrogens is 1. The van der Waals surface area contributed by atoms with E-state index in [4.69, 9.17) is 0 Å². The van der Waals surface area contributed by atoms with E-state index in [0.717, 1.165) is 19.3 Å². The maximum atomic E-state index is 12.0. The first-order valence-corrected chi connectivity index (χ1v) is 6.76. The highest BCUT2D eigenvalue weighted by Crippen LogP contribution is 2.34. The lowest BCUT2D eigenvalue weighted by atomic mass is 9.75. The highest BCUT2D eigenvalue weighted by molar-refractivity contribution is 5.96. The van der Waals surface area contributed by atoms with Crippen molar-refractivity contribution < 1.29 is 14.7 Å². The van der Waals surface area contributed by atoms with Crippen molar-refractivity contribution in [2.45, 2.75) is 44.6 Å². The summed E-state index contributed by atoms with van der Waals surface area (Å²) in [6.07, 6.45) is 5.44. The van der Waals surface area contributed by atoms with Gasteiger partial charge in [0.05, 0.1) is 0 Å². The molecule has 5 nitrogen and oxygen atoms in total. The Bertz CT molecular complexity index is 445. The Morgan fingerprint density at radius 2 is 2.16 bits per heavy atom. The molecule has 0 aromatic carbocycles. The van der Waals surface area contributed by atoms with Gasteiger partial charge in [0, 0.05) is 6.20 Å². The Kier molecular flexibility index (Phi) is 3.93. The molecule has 0 saturated heterocycles. The van der Waals surface area contributed by atoms with E-state index in [0.29, 0.717) is 24.5 Å². The van der Waals surface area contributed by atoms with Crippen molar-refractivity contribution in [1.82, 2.24) is 10.3 Å². The van der Waals surface area contributed by atoms with Crippen LogP contribution >= 0.6 is 0 Å². The molecule has 0 bridgehead atoms. The van der Waals surface area contributed by atoms with Gasteiger partial charge < -0.3 is 15.4 Å². The molecule has 1 heterocycles. The fraction of sp³-hybridized carbons (Fsp3) is 0.571. The molecule has 0 unspecified atom stereocenters. The number of hydrogen-bond donors (Lipinski definition) is 3. The number of carboxylic acid groups (broad SMARTS) is 1. The minimum Gasteiger partial charge on any atom is -0.480 e. The summed E-state index contributed by atoms with van der Waals surface area (Å²) in [5, 5.41) is 12.2. The van der Waals surface area contributed by atoms with Crippen LogP contribution < -0.4 is 5.32 Å². The lowest BCUT2D eigenvalue weighted by molar-refractivity contribution is -0.146. The van der Waals surface area contributed by atoms with Crippen LogP contribution in [-0.2, 0) is 4.79 Å². The summed E-state index contributed by atoms with van der Waals surface area (Å²) in [7, 11) is 0. The van der Waals surface area contributed by atoms with Gasteiger partial charge in [0.15, 0.2) is 0 Å². The highest BCUT2D eigenvalue weighted by atomic mass is 16.4. The van der Waals surface area contributed by atoms with Crippen molar-refractivity contribution >= 4 is 11.9 Å². The molecular formula is C14H20N2O3. The van der Waals surface area contributed by atoms with Gasteiger partial charge in [-0.15, -0.1) is 0 Å². The molecule has 1 amide bonds. The number of aromatic amines is 1. The van der Waals surface area contributed by atoms with Gasteiger partial charge in [0.1, 0.15) is 11.2 Å². The molecule has 104 valence electrons. The first-order valence-electron chi connectivity index (χ1n) is 6.76. The Hall–Kier alpha value is -1.78. The van der Waals surface area contributed by atoms with E-state index in [9.17, 15) is 14.7 Å². The van der Waals surface area contributed by atoms with Crippen LogP contribution in [-0.4, -0.2) is 27.5 Å². The van der Waals surface area contributed by atoms with Crippen LogP contribution in [0.25, 0.3) is 0 Å². The standard InChI is InChI=1S/C14H20N2O3/c1-2-10-5-7-14(8-6-10,13(18)19)16-12(17)11-4-3-9-15-11/h3-4,9-10,15H,2,5-8H2,1H3,(H,16,17)(H,18,19). The smallest absolute Gasteiger partial charge is 0.329 e. The van der Waals surface area contributed by atoms with Crippen LogP contribution in [0.4, 0.5) is 0 Å². The Morgan fingerprint density at radius 3 is 2.63 bits per heavy atom. The van der Waals surface area contributed by atoms with E-state index in [-0.39, 0.29) is 5.91 Å². The third-order valence-electron chi connectivity index (χ3n) is 4.14. The average molecular weight is 264 g/mol. The van der Waals surface area contributed by atoms with Crippen molar-refractivity contribution in [3.05, 3.63) is 24.0 Å². The Balaban J connectivity index is 2.09. The lowest BCUT2D eigenvalue weighted by Gasteiger charge is -2.37. The average Bonchev–Trinajstić information content (AvgIpc) is 2.93. The topological polar surface area (TPSA) is 82.2 Å². The molecule has 2 rings (SSSR count). The zero-order chi connectivity index (χ0) is 13.9. The number of carboxylic acids is 1. The van der Waals surface area contributed by atoms with Crippen LogP contribution in [0.3, 0.4) is 0 Å². The zero-order valence-electron chi connectivity index (χ0n) is 11.1. The second-order valence-corrected chi connectivity index (χ2v) is 5.28. The lowest BCUT2D eigenvalue weighted by Crippen LogP contribution is -2.56. The van der Waals surface area contributed by atoms with E-state index >= 15 is 0 Å². The molecule has 1 aromatic heterocycles. The van der Waals surface area contributed by atoms with E-state index < -0.39 is 11.5 Å². The quantitative estimate of drug-likeness (QED) is 0.779. The van der Waals surface area contributed by atoms with Gasteiger partial charge in [-0.3, -0.25) is 4.79 Å². The van der Waals surface area contributed by atoms with Crippen LogP contribution in [0.1, 0.15) is 49.5 Å². The van der Waals surface area contributed by atoms with Gasteiger partial charge in [-0.1, -0.05) is 13.3 Å². The number of amides is 1. The molecule has 0 radical (unpaired) electrons. The monoisotopic (exact) mass is 264 g/mol. The van der Waals surface area contributed by atoms with E-state index in [1.165, 1.54) is 0 Å². The molecule has 0 aliphatic heterocycles. The third kappa shape index (κ3) is 2.80. The molecule has 1 saturated carbocycles. The first kappa shape index (κ1) is 13.6. The third-order valence-corrected chi connectivity index (χ3v) is 4.14. The maximum absolute atomic E-state index is 12.0.